The molecule has 2 aromatic rings. The van der Waals surface area contributed by atoms with Gasteiger partial charge in [0.1, 0.15) is 11.6 Å². The average Bonchev–Trinajstić information content (AvgIpc) is 3.21. The minimum absolute atomic E-state index is 0.124. The van der Waals surface area contributed by atoms with E-state index in [2.05, 4.69) is 9.97 Å². The minimum Gasteiger partial charge on any atom is -0.490 e. The second kappa shape index (κ2) is 10.5. The summed E-state index contributed by atoms with van der Waals surface area (Å²) in [5.74, 6) is 0.0675. The molecular formula is C24H31F2N5O3. The van der Waals surface area contributed by atoms with Gasteiger partial charge in [0.2, 0.25) is 5.95 Å². The number of nitrogens with zero attached hydrogens (tertiary/aromatic N) is 4. The molecule has 2 saturated heterocycles. The van der Waals surface area contributed by atoms with Gasteiger partial charge in [-0.1, -0.05) is 0 Å². The third-order valence-corrected chi connectivity index (χ3v) is 6.31. The molecule has 8 nitrogen and oxygen atoms in total. The van der Waals surface area contributed by atoms with Crippen LogP contribution in [0.5, 0.6) is 5.75 Å². The van der Waals surface area contributed by atoms with E-state index in [1.807, 2.05) is 18.7 Å². The van der Waals surface area contributed by atoms with E-state index in [9.17, 15) is 13.6 Å². The molecule has 2 atom stereocenters. The van der Waals surface area contributed by atoms with E-state index >= 15 is 0 Å². The van der Waals surface area contributed by atoms with Crippen LogP contribution < -0.4 is 15.4 Å². The Morgan fingerprint density at radius 2 is 1.88 bits per heavy atom. The van der Waals surface area contributed by atoms with Crippen molar-refractivity contribution in [2.75, 3.05) is 37.7 Å². The van der Waals surface area contributed by atoms with Gasteiger partial charge in [0.15, 0.2) is 5.75 Å². The molecule has 1 aromatic carbocycles. The Kier molecular flexibility index (Phi) is 7.45. The summed E-state index contributed by atoms with van der Waals surface area (Å²) in [6.45, 7) is 6.34. The number of amides is 1. The summed E-state index contributed by atoms with van der Waals surface area (Å²) in [7, 11) is 0. The molecule has 2 N–H and O–H groups in total. The summed E-state index contributed by atoms with van der Waals surface area (Å²) < 4.78 is 38.9. The lowest BCUT2D eigenvalue weighted by Crippen LogP contribution is -2.40. The van der Waals surface area contributed by atoms with Gasteiger partial charge >= 0.3 is 6.09 Å². The normalized spacial score (nSPS) is 21.2. The first-order valence-electron chi connectivity index (χ1n) is 11.7. The number of anilines is 1. The zero-order valence-corrected chi connectivity index (χ0v) is 19.5. The van der Waals surface area contributed by atoms with Crippen molar-refractivity contribution in [3.05, 3.63) is 47.8 Å². The Labute approximate surface area is 198 Å². The molecule has 0 aliphatic carbocycles. The molecule has 2 aliphatic rings. The van der Waals surface area contributed by atoms with E-state index in [4.69, 9.17) is 15.2 Å². The SMILES string of the molecule is CC(C)OC(=O)N1CCC(COc2cnc(N3CC(N)[C@@H](c4cc(F)ccc4F)C3)nc2)CC1. The van der Waals surface area contributed by atoms with E-state index in [1.165, 1.54) is 6.07 Å². The molecule has 3 heterocycles. The third kappa shape index (κ3) is 5.72. The molecule has 4 rings (SSSR count). The van der Waals surface area contributed by atoms with Crippen LogP contribution in [-0.4, -0.2) is 65.9 Å². The number of carbonyl (C=O) groups is 1. The van der Waals surface area contributed by atoms with E-state index in [0.717, 1.165) is 25.0 Å². The number of benzene rings is 1. The fourth-order valence-corrected chi connectivity index (χ4v) is 4.44. The van der Waals surface area contributed by atoms with Crippen molar-refractivity contribution < 1.29 is 23.0 Å². The van der Waals surface area contributed by atoms with Crippen LogP contribution in [0.4, 0.5) is 19.5 Å². The number of aromatic nitrogens is 2. The molecule has 0 spiro atoms. The van der Waals surface area contributed by atoms with Crippen molar-refractivity contribution in [3.63, 3.8) is 0 Å². The first kappa shape index (κ1) is 24.1. The van der Waals surface area contributed by atoms with E-state index in [0.29, 0.717) is 50.4 Å². The predicted molar refractivity (Wildman–Crippen MR) is 123 cm³/mol. The number of halogens is 2. The van der Waals surface area contributed by atoms with Crippen molar-refractivity contribution >= 4 is 12.0 Å². The highest BCUT2D eigenvalue weighted by atomic mass is 19.1. The molecule has 10 heteroatoms. The lowest BCUT2D eigenvalue weighted by molar-refractivity contribution is 0.0608. The average molecular weight is 476 g/mol. The molecule has 34 heavy (non-hydrogen) atoms. The number of hydrogen-bond donors (Lipinski definition) is 1. The van der Waals surface area contributed by atoms with Gasteiger partial charge in [0, 0.05) is 38.1 Å². The Balaban J connectivity index is 1.27. The second-order valence-corrected chi connectivity index (χ2v) is 9.23. The van der Waals surface area contributed by atoms with E-state index < -0.39 is 11.6 Å². The number of ether oxygens (including phenoxy) is 2. The minimum atomic E-state index is -0.485. The molecule has 1 amide bonds. The summed E-state index contributed by atoms with van der Waals surface area (Å²) in [6, 6.07) is 3.07. The van der Waals surface area contributed by atoms with Crippen molar-refractivity contribution in [3.8, 4) is 5.75 Å². The van der Waals surface area contributed by atoms with E-state index in [-0.39, 0.29) is 29.7 Å². The summed E-state index contributed by atoms with van der Waals surface area (Å²) in [6.07, 6.45) is 4.52. The van der Waals surface area contributed by atoms with Gasteiger partial charge in [0.25, 0.3) is 0 Å². The van der Waals surface area contributed by atoms with Gasteiger partial charge < -0.3 is 25.0 Å². The molecule has 1 aromatic heterocycles. The van der Waals surface area contributed by atoms with Gasteiger partial charge in [-0.05, 0) is 56.4 Å². The third-order valence-electron chi connectivity index (χ3n) is 6.31. The van der Waals surface area contributed by atoms with Gasteiger partial charge in [-0.3, -0.25) is 0 Å². The largest absolute Gasteiger partial charge is 0.490 e. The quantitative estimate of drug-likeness (QED) is 0.685. The maximum Gasteiger partial charge on any atom is 0.410 e. The molecular weight excluding hydrogens is 444 g/mol. The van der Waals surface area contributed by atoms with E-state index in [1.54, 1.807) is 17.3 Å². The van der Waals surface area contributed by atoms with Crippen LogP contribution in [0.1, 0.15) is 38.2 Å². The predicted octanol–water partition coefficient (Wildman–Crippen LogP) is 3.32. The number of carbonyl (C=O) groups excluding carboxylic acids is 1. The van der Waals surface area contributed by atoms with Crippen LogP contribution in [0.2, 0.25) is 0 Å². The zero-order chi connectivity index (χ0) is 24.2. The van der Waals surface area contributed by atoms with Crippen molar-refractivity contribution in [1.29, 1.82) is 0 Å². The number of rotatable bonds is 6. The summed E-state index contributed by atoms with van der Waals surface area (Å²) in [4.78, 5) is 24.4. The van der Waals surface area contributed by atoms with Crippen LogP contribution in [-0.2, 0) is 4.74 Å². The van der Waals surface area contributed by atoms with Crippen molar-refractivity contribution in [1.82, 2.24) is 14.9 Å². The maximum absolute atomic E-state index is 14.2. The van der Waals surface area contributed by atoms with Gasteiger partial charge in [-0.25, -0.2) is 23.5 Å². The Morgan fingerprint density at radius 1 is 1.18 bits per heavy atom. The lowest BCUT2D eigenvalue weighted by atomic mass is 9.94. The smallest absolute Gasteiger partial charge is 0.410 e. The van der Waals surface area contributed by atoms with Crippen LogP contribution >= 0.6 is 0 Å². The number of hydrogen-bond acceptors (Lipinski definition) is 7. The molecule has 0 bridgehead atoms. The number of nitrogens with two attached hydrogens (primary N) is 1. The Hall–Kier alpha value is -3.01. The molecule has 0 saturated carbocycles. The molecule has 2 fully saturated rings. The zero-order valence-electron chi connectivity index (χ0n) is 19.5. The fraction of sp³-hybridized carbons (Fsp3) is 0.542. The lowest BCUT2D eigenvalue weighted by Gasteiger charge is -2.31. The van der Waals surface area contributed by atoms with Crippen LogP contribution in [0, 0.1) is 17.6 Å². The standard InChI is InChI=1S/C24H31F2N5O3/c1-15(2)34-24(32)30-7-5-16(6-8-30)14-33-18-10-28-23(29-11-18)31-12-20(22(27)13-31)19-9-17(25)3-4-21(19)26/h3-4,9-11,15-16,20,22H,5-8,12-14,27H2,1-2H3/t20-,22?/m1/s1. The Morgan fingerprint density at radius 3 is 2.56 bits per heavy atom. The Bertz CT molecular complexity index is 983. The van der Waals surface area contributed by atoms with Gasteiger partial charge in [-0.2, -0.15) is 0 Å². The first-order chi connectivity index (χ1) is 16.3. The second-order valence-electron chi connectivity index (χ2n) is 9.23. The van der Waals surface area contributed by atoms with Crippen LogP contribution in [0.25, 0.3) is 0 Å². The number of likely N-dealkylation sites (tertiary alicyclic amines) is 1. The summed E-state index contributed by atoms with van der Waals surface area (Å²) in [5.41, 5.74) is 6.50. The molecule has 0 radical (unpaired) electrons. The van der Waals surface area contributed by atoms with Crippen molar-refractivity contribution in [2.24, 2.45) is 11.7 Å². The molecule has 1 unspecified atom stereocenters. The van der Waals surface area contributed by atoms with Crippen molar-refractivity contribution in [2.45, 2.75) is 44.8 Å². The van der Waals surface area contributed by atoms with Gasteiger partial charge in [-0.15, -0.1) is 0 Å². The maximum atomic E-state index is 14.2. The van der Waals surface area contributed by atoms with Crippen LogP contribution in [0.15, 0.2) is 30.6 Å². The highest BCUT2D eigenvalue weighted by Crippen LogP contribution is 2.31. The number of piperidine rings is 1. The van der Waals surface area contributed by atoms with Gasteiger partial charge in [0.05, 0.1) is 25.1 Å². The summed E-state index contributed by atoms with van der Waals surface area (Å²) in [5, 5.41) is 0. The highest BCUT2D eigenvalue weighted by Gasteiger charge is 2.34. The fourth-order valence-electron chi connectivity index (χ4n) is 4.44. The monoisotopic (exact) mass is 475 g/mol. The molecule has 2 aliphatic heterocycles. The highest BCUT2D eigenvalue weighted by molar-refractivity contribution is 5.67. The summed E-state index contributed by atoms with van der Waals surface area (Å²) >= 11 is 0. The topological polar surface area (TPSA) is 93.8 Å². The van der Waals surface area contributed by atoms with Crippen LogP contribution in [0.3, 0.4) is 0 Å². The molecule has 184 valence electrons. The first-order valence-corrected chi connectivity index (χ1v) is 11.7.